The zero-order valence-corrected chi connectivity index (χ0v) is 22.1. The van der Waals surface area contributed by atoms with Crippen LogP contribution in [0.5, 0.6) is 0 Å². The molecule has 8 heteroatoms. The normalized spacial score (nSPS) is 25.6. The van der Waals surface area contributed by atoms with Gasteiger partial charge >= 0.3 is 6.09 Å². The fourth-order valence-electron chi connectivity index (χ4n) is 5.67. The monoisotopic (exact) mass is 521 g/mol. The maximum Gasteiger partial charge on any atom is 0.409 e. The van der Waals surface area contributed by atoms with Gasteiger partial charge in [-0.05, 0) is 74.7 Å². The number of likely N-dealkylation sites (tertiary alicyclic amines) is 2. The molecule has 2 atom stereocenters. The van der Waals surface area contributed by atoms with Crippen molar-refractivity contribution in [1.82, 2.24) is 14.7 Å². The van der Waals surface area contributed by atoms with Gasteiger partial charge in [0.1, 0.15) is 0 Å². The van der Waals surface area contributed by atoms with E-state index in [0.717, 1.165) is 43.8 Å². The Morgan fingerprint density at radius 1 is 1.00 bits per heavy atom. The maximum absolute atomic E-state index is 13.6. The van der Waals surface area contributed by atoms with Gasteiger partial charge < -0.3 is 19.4 Å². The molecule has 2 saturated heterocycles. The fraction of sp³-hybridized carbons (Fsp3) is 0.704. The highest BCUT2D eigenvalue weighted by molar-refractivity contribution is 6.42. The van der Waals surface area contributed by atoms with Gasteiger partial charge in [-0.3, -0.25) is 4.79 Å². The summed E-state index contributed by atoms with van der Waals surface area (Å²) in [7, 11) is 1.79. The van der Waals surface area contributed by atoms with Gasteiger partial charge in [-0.2, -0.15) is 0 Å². The van der Waals surface area contributed by atoms with Gasteiger partial charge in [0.25, 0.3) is 0 Å². The standard InChI is InChI=1S/C27H37Cl2N3O3/c1-30(27(34)35-13-10-18-2-3-18)25-17-32(16-22(25)21-6-7-23(28)24(29)14-21)26(33)20-8-11-31(12-9-20)15-19-4-5-19/h6-7,14,18-20,22,25H,2-5,8-13,15-17H2,1H3/t22-,25+/m1/s1. The highest BCUT2D eigenvalue weighted by Crippen LogP contribution is 2.37. The quantitative estimate of drug-likeness (QED) is 0.467. The molecule has 2 heterocycles. The molecule has 35 heavy (non-hydrogen) atoms. The smallest absolute Gasteiger partial charge is 0.409 e. The van der Waals surface area contributed by atoms with E-state index in [0.29, 0.717) is 35.7 Å². The molecule has 2 aliphatic heterocycles. The van der Waals surface area contributed by atoms with E-state index in [-0.39, 0.29) is 29.9 Å². The van der Waals surface area contributed by atoms with E-state index < -0.39 is 0 Å². The Morgan fingerprint density at radius 3 is 2.37 bits per heavy atom. The Balaban J connectivity index is 1.25. The number of rotatable bonds is 8. The van der Waals surface area contributed by atoms with Crippen molar-refractivity contribution in [3.63, 3.8) is 0 Å². The number of ether oxygens (including phenoxy) is 1. The first-order valence-corrected chi connectivity index (χ1v) is 14.0. The molecule has 0 unspecified atom stereocenters. The molecular formula is C27H37Cl2N3O3. The molecule has 0 spiro atoms. The lowest BCUT2D eigenvalue weighted by atomic mass is 9.93. The minimum absolute atomic E-state index is 0.0374. The molecule has 5 rings (SSSR count). The Bertz CT molecular complexity index is 928. The zero-order chi connectivity index (χ0) is 24.5. The van der Waals surface area contributed by atoms with Crippen LogP contribution in [0.4, 0.5) is 4.79 Å². The fourth-order valence-corrected chi connectivity index (χ4v) is 5.98. The number of benzene rings is 1. The lowest BCUT2D eigenvalue weighted by Crippen LogP contribution is -2.44. The second kappa shape index (κ2) is 10.9. The third kappa shape index (κ3) is 6.26. The average molecular weight is 523 g/mol. The van der Waals surface area contributed by atoms with Crippen LogP contribution in [0.2, 0.25) is 10.0 Å². The van der Waals surface area contributed by atoms with Crippen LogP contribution in [0.25, 0.3) is 0 Å². The average Bonchev–Trinajstić information content (AvgIpc) is 3.79. The van der Waals surface area contributed by atoms with E-state index in [1.54, 1.807) is 18.0 Å². The molecular weight excluding hydrogens is 485 g/mol. The van der Waals surface area contributed by atoms with E-state index in [1.165, 1.54) is 32.2 Å². The van der Waals surface area contributed by atoms with E-state index in [4.69, 9.17) is 27.9 Å². The largest absolute Gasteiger partial charge is 0.449 e. The third-order valence-electron chi connectivity index (χ3n) is 8.36. The highest BCUT2D eigenvalue weighted by Gasteiger charge is 2.42. The van der Waals surface area contributed by atoms with Crippen molar-refractivity contribution in [3.05, 3.63) is 33.8 Å². The number of amides is 2. The molecule has 2 saturated carbocycles. The second-order valence-electron chi connectivity index (χ2n) is 11.1. The molecule has 6 nitrogen and oxygen atoms in total. The van der Waals surface area contributed by atoms with Crippen LogP contribution in [0.3, 0.4) is 0 Å². The molecule has 0 radical (unpaired) electrons. The van der Waals surface area contributed by atoms with Crippen molar-refractivity contribution in [2.45, 2.75) is 56.9 Å². The topological polar surface area (TPSA) is 53.1 Å². The van der Waals surface area contributed by atoms with E-state index in [1.807, 2.05) is 17.0 Å². The van der Waals surface area contributed by atoms with E-state index >= 15 is 0 Å². The van der Waals surface area contributed by atoms with Crippen LogP contribution in [0.1, 0.15) is 56.4 Å². The number of nitrogens with zero attached hydrogens (tertiary/aromatic N) is 3. The van der Waals surface area contributed by atoms with E-state index in [9.17, 15) is 9.59 Å². The maximum atomic E-state index is 13.6. The summed E-state index contributed by atoms with van der Waals surface area (Å²) in [5.41, 5.74) is 0.997. The summed E-state index contributed by atoms with van der Waals surface area (Å²) in [6.07, 6.45) is 7.67. The second-order valence-corrected chi connectivity index (χ2v) is 11.9. The van der Waals surface area contributed by atoms with Crippen molar-refractivity contribution in [1.29, 1.82) is 0 Å². The van der Waals surface area contributed by atoms with Crippen LogP contribution in [-0.2, 0) is 9.53 Å². The number of carbonyl (C=O) groups is 2. The van der Waals surface area contributed by atoms with Gasteiger partial charge in [-0.1, -0.05) is 42.1 Å². The van der Waals surface area contributed by atoms with Crippen LogP contribution in [0.15, 0.2) is 18.2 Å². The summed E-state index contributed by atoms with van der Waals surface area (Å²) in [5.74, 6) is 1.85. The van der Waals surface area contributed by atoms with Gasteiger partial charge in [0.05, 0.1) is 22.7 Å². The first-order valence-electron chi connectivity index (χ1n) is 13.2. The van der Waals surface area contributed by atoms with Crippen molar-refractivity contribution < 1.29 is 14.3 Å². The number of likely N-dealkylation sites (N-methyl/N-ethyl adjacent to an activating group) is 1. The van der Waals surface area contributed by atoms with Gasteiger partial charge in [0.2, 0.25) is 5.91 Å². The molecule has 2 amide bonds. The van der Waals surface area contributed by atoms with Crippen LogP contribution in [0, 0.1) is 17.8 Å². The van der Waals surface area contributed by atoms with Gasteiger partial charge in [0.15, 0.2) is 0 Å². The van der Waals surface area contributed by atoms with Crippen molar-refractivity contribution >= 4 is 35.2 Å². The van der Waals surface area contributed by atoms with Crippen LogP contribution >= 0.6 is 23.2 Å². The Labute approximate surface area is 218 Å². The summed E-state index contributed by atoms with van der Waals surface area (Å²) in [5, 5.41) is 0.995. The lowest BCUT2D eigenvalue weighted by Gasteiger charge is -2.33. The van der Waals surface area contributed by atoms with Gasteiger partial charge in [0, 0.05) is 38.5 Å². The predicted molar refractivity (Wildman–Crippen MR) is 138 cm³/mol. The molecule has 192 valence electrons. The van der Waals surface area contributed by atoms with E-state index in [2.05, 4.69) is 4.90 Å². The SMILES string of the molecule is CN(C(=O)OCCC1CC1)[C@H]1CN(C(=O)C2CCN(CC3CC3)CC2)C[C@@H]1c1ccc(Cl)c(Cl)c1. The van der Waals surface area contributed by atoms with Crippen LogP contribution < -0.4 is 0 Å². The van der Waals surface area contributed by atoms with Crippen molar-refractivity contribution in [2.24, 2.45) is 17.8 Å². The molecule has 0 aromatic heterocycles. The summed E-state index contributed by atoms with van der Waals surface area (Å²) < 4.78 is 5.59. The molecule has 0 bridgehead atoms. The molecule has 4 fully saturated rings. The number of carbonyl (C=O) groups excluding carboxylic acids is 2. The minimum atomic E-state index is -0.316. The number of hydrogen-bond donors (Lipinski definition) is 0. The summed E-state index contributed by atoms with van der Waals surface area (Å²) in [4.78, 5) is 32.6. The Kier molecular flexibility index (Phi) is 7.81. The van der Waals surface area contributed by atoms with Gasteiger partial charge in [-0.15, -0.1) is 0 Å². The van der Waals surface area contributed by atoms with Crippen LogP contribution in [-0.4, -0.2) is 79.1 Å². The molecule has 2 aliphatic carbocycles. The molecule has 0 N–H and O–H groups in total. The lowest BCUT2D eigenvalue weighted by molar-refractivity contribution is -0.136. The number of halogens is 2. The van der Waals surface area contributed by atoms with Crippen molar-refractivity contribution in [3.8, 4) is 0 Å². The Hall–Kier alpha value is -1.50. The summed E-state index contributed by atoms with van der Waals surface area (Å²) >= 11 is 12.5. The molecule has 1 aromatic carbocycles. The third-order valence-corrected chi connectivity index (χ3v) is 9.10. The predicted octanol–water partition coefficient (Wildman–Crippen LogP) is 5.28. The Morgan fingerprint density at radius 2 is 1.71 bits per heavy atom. The first kappa shape index (κ1) is 25.2. The summed E-state index contributed by atoms with van der Waals surface area (Å²) in [6.45, 7) is 4.75. The zero-order valence-electron chi connectivity index (χ0n) is 20.6. The summed E-state index contributed by atoms with van der Waals surface area (Å²) in [6, 6.07) is 5.46. The first-order chi connectivity index (χ1) is 16.9. The van der Waals surface area contributed by atoms with Gasteiger partial charge in [-0.25, -0.2) is 4.79 Å². The molecule has 4 aliphatic rings. The number of piperidine rings is 1. The molecule has 1 aromatic rings. The number of hydrogen-bond acceptors (Lipinski definition) is 4. The highest BCUT2D eigenvalue weighted by atomic mass is 35.5. The minimum Gasteiger partial charge on any atom is -0.449 e. The van der Waals surface area contributed by atoms with Crippen molar-refractivity contribution in [2.75, 3.05) is 46.4 Å².